The summed E-state index contributed by atoms with van der Waals surface area (Å²) in [6.07, 6.45) is -4.58. The highest BCUT2D eigenvalue weighted by molar-refractivity contribution is 6.03. The predicted molar refractivity (Wildman–Crippen MR) is 96.4 cm³/mol. The molecule has 2 aromatic carbocycles. The Morgan fingerprint density at radius 3 is 2.46 bits per heavy atom. The molecule has 1 heterocycles. The van der Waals surface area contributed by atoms with Crippen molar-refractivity contribution in [3.8, 4) is 0 Å². The highest BCUT2D eigenvalue weighted by atomic mass is 19.4. The van der Waals surface area contributed by atoms with Gasteiger partial charge in [-0.15, -0.1) is 0 Å². The van der Waals surface area contributed by atoms with E-state index in [1.54, 1.807) is 31.2 Å². The first-order valence-electron chi connectivity index (χ1n) is 7.66. The molecule has 8 heteroatoms. The maximum atomic E-state index is 13.4. The zero-order valence-corrected chi connectivity index (χ0v) is 13.8. The summed E-state index contributed by atoms with van der Waals surface area (Å²) in [6.45, 7) is 1.77. The number of nitrogens with zero attached hydrogens (tertiary/aromatic N) is 2. The minimum Gasteiger partial charge on any atom is -0.398 e. The minimum absolute atomic E-state index is 0.229. The molecule has 0 bridgehead atoms. The van der Waals surface area contributed by atoms with Crippen molar-refractivity contribution < 1.29 is 13.2 Å². The number of aryl methyl sites for hydroxylation is 1. The molecule has 26 heavy (non-hydrogen) atoms. The van der Waals surface area contributed by atoms with Gasteiger partial charge in [0.1, 0.15) is 0 Å². The van der Waals surface area contributed by atoms with Crippen LogP contribution in [0.3, 0.4) is 0 Å². The standard InChI is InChI=1S/C18H16F3N5/c1-10-8-14(22)12-7-6-11(9-15(12)25-10)26(17(23)24)16-5-3-2-4-13(16)18(19,20)21/h2-9H,1H3,(H2,22,25)(H3,23,24). The van der Waals surface area contributed by atoms with E-state index in [9.17, 15) is 13.2 Å². The van der Waals surface area contributed by atoms with E-state index in [0.29, 0.717) is 28.0 Å². The molecule has 0 atom stereocenters. The van der Waals surface area contributed by atoms with Crippen molar-refractivity contribution in [2.24, 2.45) is 5.73 Å². The van der Waals surface area contributed by atoms with Crippen LogP contribution in [0.4, 0.5) is 30.2 Å². The first-order valence-corrected chi connectivity index (χ1v) is 7.66. The summed E-state index contributed by atoms with van der Waals surface area (Å²) >= 11 is 0. The summed E-state index contributed by atoms with van der Waals surface area (Å²) < 4.78 is 40.1. The lowest BCUT2D eigenvalue weighted by Crippen LogP contribution is -2.33. The second kappa shape index (κ2) is 6.21. The van der Waals surface area contributed by atoms with Crippen LogP contribution in [0, 0.1) is 12.3 Å². The molecule has 5 N–H and O–H groups in total. The maximum Gasteiger partial charge on any atom is 0.418 e. The average Bonchev–Trinajstić information content (AvgIpc) is 2.53. The molecule has 0 aliphatic heterocycles. The number of para-hydroxylation sites is 1. The van der Waals surface area contributed by atoms with Gasteiger partial charge in [-0.1, -0.05) is 12.1 Å². The largest absolute Gasteiger partial charge is 0.418 e. The van der Waals surface area contributed by atoms with Crippen LogP contribution in [-0.2, 0) is 6.18 Å². The highest BCUT2D eigenvalue weighted by Gasteiger charge is 2.35. The van der Waals surface area contributed by atoms with Gasteiger partial charge < -0.3 is 11.5 Å². The molecule has 3 rings (SSSR count). The Bertz CT molecular complexity index is 998. The number of hydrogen-bond donors (Lipinski definition) is 3. The number of halogens is 3. The number of alkyl halides is 3. The lowest BCUT2D eigenvalue weighted by molar-refractivity contribution is -0.137. The molecule has 0 spiro atoms. The van der Waals surface area contributed by atoms with Crippen LogP contribution in [0.5, 0.6) is 0 Å². The number of benzene rings is 2. The van der Waals surface area contributed by atoms with Gasteiger partial charge in [-0.05, 0) is 43.3 Å². The zero-order chi connectivity index (χ0) is 19.1. The zero-order valence-electron chi connectivity index (χ0n) is 13.8. The molecule has 5 nitrogen and oxygen atoms in total. The number of pyridine rings is 1. The number of guanidine groups is 1. The van der Waals surface area contributed by atoms with Crippen LogP contribution in [-0.4, -0.2) is 10.9 Å². The molecule has 0 aliphatic carbocycles. The molecule has 0 fully saturated rings. The van der Waals surface area contributed by atoms with E-state index in [-0.39, 0.29) is 5.69 Å². The number of nitrogens with one attached hydrogen (secondary N) is 1. The van der Waals surface area contributed by atoms with Crippen LogP contribution >= 0.6 is 0 Å². The minimum atomic E-state index is -4.58. The fraction of sp³-hybridized carbons (Fsp3) is 0.111. The quantitative estimate of drug-likeness (QED) is 0.473. The van der Waals surface area contributed by atoms with Crippen molar-refractivity contribution in [1.29, 1.82) is 5.41 Å². The number of hydrogen-bond acceptors (Lipinski definition) is 3. The van der Waals surface area contributed by atoms with E-state index < -0.39 is 17.7 Å². The molecule has 1 aromatic heterocycles. The van der Waals surface area contributed by atoms with Crippen molar-refractivity contribution in [3.63, 3.8) is 0 Å². The smallest absolute Gasteiger partial charge is 0.398 e. The first kappa shape index (κ1) is 17.5. The Morgan fingerprint density at radius 1 is 1.12 bits per heavy atom. The third kappa shape index (κ3) is 3.13. The van der Waals surface area contributed by atoms with Gasteiger partial charge in [-0.3, -0.25) is 15.3 Å². The Labute approximate surface area is 147 Å². The Balaban J connectivity index is 2.22. The van der Waals surface area contributed by atoms with Crippen molar-refractivity contribution >= 4 is 33.9 Å². The Kier molecular flexibility index (Phi) is 4.19. The summed E-state index contributed by atoms with van der Waals surface area (Å²) in [5.74, 6) is -0.540. The van der Waals surface area contributed by atoms with Crippen molar-refractivity contribution in [1.82, 2.24) is 4.98 Å². The van der Waals surface area contributed by atoms with E-state index >= 15 is 0 Å². The van der Waals surface area contributed by atoms with Crippen molar-refractivity contribution in [2.45, 2.75) is 13.1 Å². The molecular formula is C18H16F3N5. The SMILES string of the molecule is Cc1cc(N)c2ccc(N(C(=N)N)c3ccccc3C(F)(F)F)cc2n1. The normalized spacial score (nSPS) is 11.5. The Morgan fingerprint density at radius 2 is 1.81 bits per heavy atom. The third-order valence-corrected chi connectivity index (χ3v) is 3.90. The molecule has 3 aromatic rings. The second-order valence-corrected chi connectivity index (χ2v) is 5.79. The van der Waals surface area contributed by atoms with E-state index in [2.05, 4.69) is 4.98 Å². The molecule has 0 saturated carbocycles. The van der Waals surface area contributed by atoms with E-state index in [1.807, 2.05) is 0 Å². The molecule has 0 amide bonds. The van der Waals surface area contributed by atoms with Gasteiger partial charge in [-0.25, -0.2) is 0 Å². The molecule has 134 valence electrons. The number of nitrogen functional groups attached to an aromatic ring is 1. The summed E-state index contributed by atoms with van der Waals surface area (Å²) in [4.78, 5) is 5.39. The fourth-order valence-electron chi connectivity index (χ4n) is 2.84. The van der Waals surface area contributed by atoms with E-state index in [1.165, 1.54) is 18.2 Å². The molecule has 0 radical (unpaired) electrons. The third-order valence-electron chi connectivity index (χ3n) is 3.90. The number of aromatic nitrogens is 1. The van der Waals surface area contributed by atoms with Gasteiger partial charge in [0.15, 0.2) is 5.96 Å². The van der Waals surface area contributed by atoms with E-state index in [0.717, 1.165) is 11.0 Å². The van der Waals surface area contributed by atoms with Crippen molar-refractivity contribution in [2.75, 3.05) is 10.6 Å². The Hall–Kier alpha value is -3.29. The summed E-state index contributed by atoms with van der Waals surface area (Å²) in [5.41, 5.74) is 12.5. The van der Waals surface area contributed by atoms with Gasteiger partial charge >= 0.3 is 6.18 Å². The number of rotatable bonds is 2. The predicted octanol–water partition coefficient (Wildman–Crippen LogP) is 4.18. The number of nitrogens with two attached hydrogens (primary N) is 2. The molecular weight excluding hydrogens is 343 g/mol. The fourth-order valence-corrected chi connectivity index (χ4v) is 2.84. The molecule has 0 saturated heterocycles. The topological polar surface area (TPSA) is 92.0 Å². The summed E-state index contributed by atoms with van der Waals surface area (Å²) in [5, 5.41) is 8.48. The van der Waals surface area contributed by atoms with Gasteiger partial charge in [0.2, 0.25) is 0 Å². The van der Waals surface area contributed by atoms with Crippen LogP contribution in [0.15, 0.2) is 48.5 Å². The van der Waals surface area contributed by atoms with Crippen LogP contribution < -0.4 is 16.4 Å². The number of fused-ring (bicyclic) bond motifs is 1. The van der Waals surface area contributed by atoms with Crippen LogP contribution in [0.25, 0.3) is 10.9 Å². The van der Waals surface area contributed by atoms with Gasteiger partial charge in [0.25, 0.3) is 0 Å². The van der Waals surface area contributed by atoms with Crippen molar-refractivity contribution in [3.05, 3.63) is 59.8 Å². The lowest BCUT2D eigenvalue weighted by Gasteiger charge is -2.26. The average molecular weight is 359 g/mol. The second-order valence-electron chi connectivity index (χ2n) is 5.79. The number of anilines is 3. The first-order chi connectivity index (χ1) is 12.2. The monoisotopic (exact) mass is 359 g/mol. The van der Waals surface area contributed by atoms with Gasteiger partial charge in [-0.2, -0.15) is 13.2 Å². The summed E-state index contributed by atoms with van der Waals surface area (Å²) in [7, 11) is 0. The van der Waals surface area contributed by atoms with Crippen LogP contribution in [0.2, 0.25) is 0 Å². The van der Waals surface area contributed by atoms with E-state index in [4.69, 9.17) is 16.9 Å². The lowest BCUT2D eigenvalue weighted by atomic mass is 10.1. The van der Waals surface area contributed by atoms with Crippen LogP contribution in [0.1, 0.15) is 11.3 Å². The van der Waals surface area contributed by atoms with Gasteiger partial charge in [0.05, 0.1) is 22.5 Å². The summed E-state index contributed by atoms with van der Waals surface area (Å²) in [6, 6.07) is 11.5. The molecule has 0 aliphatic rings. The van der Waals surface area contributed by atoms with Gasteiger partial charge in [0, 0.05) is 16.8 Å². The maximum absolute atomic E-state index is 13.4. The molecule has 0 unspecified atom stereocenters. The highest BCUT2D eigenvalue weighted by Crippen LogP contribution is 2.39.